The van der Waals surface area contributed by atoms with Crippen LogP contribution >= 0.6 is 27.5 Å². The van der Waals surface area contributed by atoms with Crippen LogP contribution in [0.2, 0.25) is 0 Å². The summed E-state index contributed by atoms with van der Waals surface area (Å²) in [5.74, 6) is 3.35. The Morgan fingerprint density at radius 3 is 2.81 bits per heavy atom. The lowest BCUT2D eigenvalue weighted by Crippen LogP contribution is -2.27. The average Bonchev–Trinajstić information content (AvgIpc) is 3.14. The number of hydrogen-bond acceptors (Lipinski definition) is 7. The average molecular weight is 432 g/mol. The fourth-order valence-electron chi connectivity index (χ4n) is 2.84. The Hall–Kier alpha value is -2.03. The highest BCUT2D eigenvalue weighted by Gasteiger charge is 2.20. The van der Waals surface area contributed by atoms with Crippen LogP contribution in [-0.2, 0) is 0 Å². The van der Waals surface area contributed by atoms with Crippen molar-refractivity contribution in [3.8, 4) is 11.5 Å². The van der Waals surface area contributed by atoms with Gasteiger partial charge in [-0.15, -0.1) is 0 Å². The van der Waals surface area contributed by atoms with Crippen molar-refractivity contribution in [1.29, 1.82) is 0 Å². The Balaban J connectivity index is 1.53. The maximum atomic E-state index is 5.98. The van der Waals surface area contributed by atoms with Crippen LogP contribution in [0, 0.1) is 0 Å². The highest BCUT2D eigenvalue weighted by molar-refractivity contribution is 9.10. The number of anilines is 2. The van der Waals surface area contributed by atoms with E-state index in [1.165, 1.54) is 11.5 Å². The second-order valence-electron chi connectivity index (χ2n) is 6.02. The summed E-state index contributed by atoms with van der Waals surface area (Å²) in [4.78, 5) is 9.10. The first-order valence-electron chi connectivity index (χ1n) is 8.48. The Kier molecular flexibility index (Phi) is 5.42. The second kappa shape index (κ2) is 8.11. The van der Waals surface area contributed by atoms with Crippen LogP contribution in [0.4, 0.5) is 10.9 Å². The number of para-hydroxylation sites is 1. The molecule has 1 aliphatic rings. The monoisotopic (exact) mass is 431 g/mol. The molecule has 4 rings (SSSR count). The van der Waals surface area contributed by atoms with Crippen molar-refractivity contribution in [1.82, 2.24) is 19.7 Å². The molecule has 0 spiro atoms. The van der Waals surface area contributed by atoms with Gasteiger partial charge in [0.15, 0.2) is 11.6 Å². The number of halogens is 1. The number of piperidine rings is 1. The van der Waals surface area contributed by atoms with Gasteiger partial charge in [0.2, 0.25) is 5.13 Å². The molecule has 0 unspecified atom stereocenters. The van der Waals surface area contributed by atoms with Gasteiger partial charge in [-0.3, -0.25) is 0 Å². The molecule has 2 N–H and O–H groups in total. The second-order valence-corrected chi connectivity index (χ2v) is 7.69. The van der Waals surface area contributed by atoms with E-state index in [-0.39, 0.29) is 0 Å². The zero-order chi connectivity index (χ0) is 17.8. The molecule has 3 aromatic rings. The van der Waals surface area contributed by atoms with Gasteiger partial charge in [-0.05, 0) is 54.0 Å². The van der Waals surface area contributed by atoms with Crippen LogP contribution < -0.4 is 15.4 Å². The number of nitrogens with zero attached hydrogens (tertiary/aromatic N) is 3. The van der Waals surface area contributed by atoms with Crippen molar-refractivity contribution in [2.45, 2.75) is 18.8 Å². The molecule has 0 radical (unpaired) electrons. The minimum atomic E-state index is 0.431. The number of rotatable bonds is 5. The summed E-state index contributed by atoms with van der Waals surface area (Å²) in [6.45, 7) is 2.05. The van der Waals surface area contributed by atoms with Crippen LogP contribution in [0.5, 0.6) is 11.5 Å². The fourth-order valence-corrected chi connectivity index (χ4v) is 3.80. The predicted octanol–water partition coefficient (Wildman–Crippen LogP) is 4.70. The summed E-state index contributed by atoms with van der Waals surface area (Å²) in [6.07, 6.45) is 3.89. The first-order chi connectivity index (χ1) is 12.8. The number of aromatic nitrogens is 3. The van der Waals surface area contributed by atoms with Crippen molar-refractivity contribution >= 4 is 38.4 Å². The maximum absolute atomic E-state index is 5.98. The van der Waals surface area contributed by atoms with E-state index in [1.54, 1.807) is 6.20 Å². The Labute approximate surface area is 164 Å². The minimum Gasteiger partial charge on any atom is -0.453 e. The van der Waals surface area contributed by atoms with Crippen LogP contribution in [0.1, 0.15) is 24.6 Å². The molecule has 6 nitrogen and oxygen atoms in total. The van der Waals surface area contributed by atoms with Crippen LogP contribution in [0.25, 0.3) is 0 Å². The van der Waals surface area contributed by atoms with Crippen LogP contribution in [0.15, 0.2) is 47.1 Å². The van der Waals surface area contributed by atoms with E-state index in [0.717, 1.165) is 47.1 Å². The normalized spacial score (nSPS) is 15.0. The summed E-state index contributed by atoms with van der Waals surface area (Å²) in [7, 11) is 0. The molecule has 1 aliphatic heterocycles. The van der Waals surface area contributed by atoms with E-state index in [9.17, 15) is 0 Å². The molecule has 134 valence electrons. The maximum Gasteiger partial charge on any atom is 0.208 e. The number of hydrogen-bond donors (Lipinski definition) is 2. The van der Waals surface area contributed by atoms with Crippen molar-refractivity contribution in [3.63, 3.8) is 0 Å². The highest BCUT2D eigenvalue weighted by Crippen LogP contribution is 2.33. The molecule has 0 saturated carbocycles. The third-order valence-electron chi connectivity index (χ3n) is 4.16. The van der Waals surface area contributed by atoms with E-state index in [0.29, 0.717) is 17.5 Å². The van der Waals surface area contributed by atoms with Gasteiger partial charge in [0.1, 0.15) is 11.6 Å². The molecule has 3 heterocycles. The molecule has 0 aliphatic carbocycles. The third-order valence-corrected chi connectivity index (χ3v) is 5.24. The topological polar surface area (TPSA) is 72.0 Å². The smallest absolute Gasteiger partial charge is 0.208 e. The van der Waals surface area contributed by atoms with Gasteiger partial charge in [-0.25, -0.2) is 9.97 Å². The van der Waals surface area contributed by atoms with E-state index >= 15 is 0 Å². The number of ether oxygens (including phenoxy) is 1. The molecule has 1 saturated heterocycles. The predicted molar refractivity (Wildman–Crippen MR) is 106 cm³/mol. The standard InChI is InChI=1S/C18H18BrN5OS/c19-13-10-15(25-14-4-2-1-3-5-14)17(21-11-13)23-18-22-16(24-26-18)12-6-8-20-9-7-12/h1-5,10-12,20H,6-9H2,(H,21,22,23,24). The lowest BCUT2D eigenvalue weighted by Gasteiger charge is -2.19. The van der Waals surface area contributed by atoms with Crippen molar-refractivity contribution in [3.05, 3.63) is 52.9 Å². The van der Waals surface area contributed by atoms with Gasteiger partial charge in [0.25, 0.3) is 0 Å². The Bertz CT molecular complexity index is 867. The highest BCUT2D eigenvalue weighted by atomic mass is 79.9. The van der Waals surface area contributed by atoms with Gasteiger partial charge < -0.3 is 15.4 Å². The molecular weight excluding hydrogens is 414 g/mol. The molecular formula is C18H18BrN5OS. The van der Waals surface area contributed by atoms with Gasteiger partial charge >= 0.3 is 0 Å². The third kappa shape index (κ3) is 4.20. The summed E-state index contributed by atoms with van der Waals surface area (Å²) in [5, 5.41) is 7.35. The van der Waals surface area contributed by atoms with E-state index in [2.05, 4.69) is 40.9 Å². The zero-order valence-corrected chi connectivity index (χ0v) is 16.4. The Morgan fingerprint density at radius 2 is 2.00 bits per heavy atom. The molecule has 26 heavy (non-hydrogen) atoms. The lowest BCUT2D eigenvalue weighted by atomic mass is 9.98. The fraction of sp³-hybridized carbons (Fsp3) is 0.278. The van der Waals surface area contributed by atoms with Gasteiger partial charge in [-0.1, -0.05) is 18.2 Å². The SMILES string of the molecule is Brc1cnc(Nc2nc(C3CCNCC3)ns2)c(Oc2ccccc2)c1. The summed E-state index contributed by atoms with van der Waals surface area (Å²) in [5.41, 5.74) is 0. The van der Waals surface area contributed by atoms with Gasteiger partial charge in [-0.2, -0.15) is 4.37 Å². The van der Waals surface area contributed by atoms with Crippen LogP contribution in [-0.4, -0.2) is 27.4 Å². The number of nitrogens with one attached hydrogen (secondary N) is 2. The molecule has 0 amide bonds. The van der Waals surface area contributed by atoms with E-state index in [1.807, 2.05) is 36.4 Å². The molecule has 0 atom stereocenters. The van der Waals surface area contributed by atoms with E-state index < -0.39 is 0 Å². The lowest BCUT2D eigenvalue weighted by molar-refractivity contribution is 0.448. The molecule has 1 aromatic carbocycles. The van der Waals surface area contributed by atoms with Gasteiger partial charge in [0.05, 0.1) is 0 Å². The Morgan fingerprint density at radius 1 is 1.19 bits per heavy atom. The van der Waals surface area contributed by atoms with Crippen molar-refractivity contribution in [2.75, 3.05) is 18.4 Å². The number of pyridine rings is 1. The largest absolute Gasteiger partial charge is 0.453 e. The number of benzene rings is 1. The summed E-state index contributed by atoms with van der Waals surface area (Å²) in [6, 6.07) is 11.5. The summed E-state index contributed by atoms with van der Waals surface area (Å²) < 4.78 is 11.4. The van der Waals surface area contributed by atoms with Crippen molar-refractivity contribution < 1.29 is 4.74 Å². The van der Waals surface area contributed by atoms with Crippen LogP contribution in [0.3, 0.4) is 0 Å². The molecule has 0 bridgehead atoms. The quantitative estimate of drug-likeness (QED) is 0.609. The molecule has 8 heteroatoms. The summed E-state index contributed by atoms with van der Waals surface area (Å²) >= 11 is 4.81. The first-order valence-corrected chi connectivity index (χ1v) is 10.0. The van der Waals surface area contributed by atoms with E-state index in [4.69, 9.17) is 4.74 Å². The van der Waals surface area contributed by atoms with Gasteiger partial charge in [0, 0.05) is 34.2 Å². The molecule has 2 aromatic heterocycles. The minimum absolute atomic E-state index is 0.431. The molecule has 1 fully saturated rings. The zero-order valence-electron chi connectivity index (χ0n) is 14.0. The first kappa shape index (κ1) is 17.4. The van der Waals surface area contributed by atoms with Crippen molar-refractivity contribution in [2.24, 2.45) is 0 Å².